The molecule has 1 unspecified atom stereocenters. The van der Waals surface area contributed by atoms with Gasteiger partial charge in [-0.2, -0.15) is 0 Å². The van der Waals surface area contributed by atoms with Crippen molar-refractivity contribution in [1.29, 1.82) is 0 Å². The van der Waals surface area contributed by atoms with Gasteiger partial charge in [0.05, 0.1) is 4.47 Å². The van der Waals surface area contributed by atoms with E-state index in [-0.39, 0.29) is 0 Å². The average Bonchev–Trinajstić information content (AvgIpc) is 2.63. The maximum Gasteiger partial charge on any atom is 0.134 e. The van der Waals surface area contributed by atoms with E-state index in [1.54, 1.807) is 0 Å². The third-order valence-electron chi connectivity index (χ3n) is 5.06. The van der Waals surface area contributed by atoms with Gasteiger partial charge in [0.1, 0.15) is 18.5 Å². The van der Waals surface area contributed by atoms with Crippen molar-refractivity contribution in [1.82, 2.24) is 0 Å². The largest absolute Gasteiger partial charge is 0.488 e. The van der Waals surface area contributed by atoms with Crippen LogP contribution in [0.15, 0.2) is 65.1 Å². The predicted octanol–water partition coefficient (Wildman–Crippen LogP) is 5.52. The van der Waals surface area contributed by atoms with Crippen LogP contribution in [-0.4, -0.2) is 5.11 Å². The van der Waals surface area contributed by atoms with E-state index in [1.165, 1.54) is 11.1 Å². The minimum Gasteiger partial charge on any atom is -0.488 e. The summed E-state index contributed by atoms with van der Waals surface area (Å²) < 4.78 is 6.82. The molecule has 0 spiro atoms. The first-order valence-corrected chi connectivity index (χ1v) is 9.67. The van der Waals surface area contributed by atoms with Crippen LogP contribution in [0.4, 0.5) is 0 Å². The van der Waals surface area contributed by atoms with E-state index in [4.69, 9.17) is 4.74 Å². The highest BCUT2D eigenvalue weighted by Gasteiger charge is 2.19. The summed E-state index contributed by atoms with van der Waals surface area (Å²) in [5.41, 5.74) is 6.78. The van der Waals surface area contributed by atoms with Gasteiger partial charge in [-0.15, -0.1) is 0 Å². The molecule has 3 heteroatoms. The number of aliphatic hydroxyl groups excluding tert-OH is 1. The monoisotopic (exact) mass is 408 g/mol. The quantitative estimate of drug-likeness (QED) is 0.602. The topological polar surface area (TPSA) is 29.5 Å². The first-order chi connectivity index (χ1) is 12.6. The molecule has 1 atom stereocenters. The molecule has 1 aliphatic carbocycles. The summed E-state index contributed by atoms with van der Waals surface area (Å²) in [5.74, 6) is 0.791. The molecular formula is C23H21BrO2. The average molecular weight is 409 g/mol. The second kappa shape index (κ2) is 7.26. The van der Waals surface area contributed by atoms with Crippen LogP contribution in [0.2, 0.25) is 0 Å². The van der Waals surface area contributed by atoms with Crippen molar-refractivity contribution >= 4 is 15.9 Å². The van der Waals surface area contributed by atoms with E-state index < -0.39 is 6.10 Å². The molecule has 0 amide bonds. The number of hydrogen-bond acceptors (Lipinski definition) is 2. The smallest absolute Gasteiger partial charge is 0.134 e. The molecule has 0 bridgehead atoms. The summed E-state index contributed by atoms with van der Waals surface area (Å²) in [7, 11) is 0. The number of benzene rings is 3. The Morgan fingerprint density at radius 3 is 2.46 bits per heavy atom. The maximum atomic E-state index is 10.9. The van der Waals surface area contributed by atoms with Crippen LogP contribution in [0.5, 0.6) is 5.75 Å². The van der Waals surface area contributed by atoms with Gasteiger partial charge in [-0.3, -0.25) is 0 Å². The van der Waals surface area contributed by atoms with E-state index in [0.717, 1.165) is 45.3 Å². The fourth-order valence-electron chi connectivity index (χ4n) is 3.38. The molecule has 132 valence electrons. The van der Waals surface area contributed by atoms with Crippen LogP contribution in [0, 0.1) is 6.92 Å². The molecular weight excluding hydrogens is 388 g/mol. The van der Waals surface area contributed by atoms with Crippen LogP contribution < -0.4 is 4.74 Å². The Morgan fingerprint density at radius 2 is 1.77 bits per heavy atom. The Labute approximate surface area is 162 Å². The molecule has 0 aliphatic heterocycles. The Morgan fingerprint density at radius 1 is 1.00 bits per heavy atom. The van der Waals surface area contributed by atoms with E-state index in [2.05, 4.69) is 28.1 Å². The third kappa shape index (κ3) is 3.42. The lowest BCUT2D eigenvalue weighted by Crippen LogP contribution is -2.11. The Balaban J connectivity index is 1.55. The summed E-state index contributed by atoms with van der Waals surface area (Å²) in [6.45, 7) is 2.53. The SMILES string of the molecule is Cc1cc(OCc2ccccc2)c(Br)cc1C(O)c1ccc2c(c1)CC2. The molecule has 3 aromatic rings. The van der Waals surface area contributed by atoms with E-state index in [9.17, 15) is 5.11 Å². The van der Waals surface area contributed by atoms with Crippen LogP contribution in [0.3, 0.4) is 0 Å². The molecule has 1 aliphatic rings. The number of ether oxygens (including phenoxy) is 1. The van der Waals surface area contributed by atoms with Gasteiger partial charge in [-0.1, -0.05) is 48.5 Å². The van der Waals surface area contributed by atoms with Gasteiger partial charge in [0, 0.05) is 0 Å². The highest BCUT2D eigenvalue weighted by Crippen LogP contribution is 2.35. The van der Waals surface area contributed by atoms with E-state index in [0.29, 0.717) is 6.61 Å². The van der Waals surface area contributed by atoms with Gasteiger partial charge >= 0.3 is 0 Å². The van der Waals surface area contributed by atoms with Crippen molar-refractivity contribution in [3.8, 4) is 5.75 Å². The van der Waals surface area contributed by atoms with Crippen molar-refractivity contribution in [2.75, 3.05) is 0 Å². The summed E-state index contributed by atoms with van der Waals surface area (Å²) in [5, 5.41) is 10.9. The summed E-state index contributed by atoms with van der Waals surface area (Å²) in [6, 6.07) is 20.4. The highest BCUT2D eigenvalue weighted by molar-refractivity contribution is 9.10. The highest BCUT2D eigenvalue weighted by atomic mass is 79.9. The summed E-state index contributed by atoms with van der Waals surface area (Å²) in [6.07, 6.45) is 1.65. The zero-order valence-electron chi connectivity index (χ0n) is 14.7. The fraction of sp³-hybridized carbons (Fsp3) is 0.217. The molecule has 0 aromatic heterocycles. The van der Waals surface area contributed by atoms with Gasteiger partial charge in [0.25, 0.3) is 0 Å². The molecule has 0 saturated carbocycles. The molecule has 0 heterocycles. The zero-order valence-corrected chi connectivity index (χ0v) is 16.3. The lowest BCUT2D eigenvalue weighted by Gasteiger charge is -2.22. The fourth-order valence-corrected chi connectivity index (χ4v) is 3.85. The number of hydrogen-bond donors (Lipinski definition) is 1. The van der Waals surface area contributed by atoms with Crippen LogP contribution in [-0.2, 0) is 19.4 Å². The van der Waals surface area contributed by atoms with Crippen LogP contribution in [0.25, 0.3) is 0 Å². The third-order valence-corrected chi connectivity index (χ3v) is 5.68. The molecule has 0 saturated heterocycles. The van der Waals surface area contributed by atoms with Gasteiger partial charge in [-0.05, 0) is 81.2 Å². The minimum absolute atomic E-state index is 0.519. The van der Waals surface area contributed by atoms with Gasteiger partial charge in [-0.25, -0.2) is 0 Å². The van der Waals surface area contributed by atoms with Crippen molar-refractivity contribution < 1.29 is 9.84 Å². The Hall–Kier alpha value is -2.10. The minimum atomic E-state index is -0.625. The van der Waals surface area contributed by atoms with Gasteiger partial charge in [0.15, 0.2) is 0 Å². The van der Waals surface area contributed by atoms with Gasteiger partial charge < -0.3 is 9.84 Å². The zero-order chi connectivity index (χ0) is 18.1. The summed E-state index contributed by atoms with van der Waals surface area (Å²) in [4.78, 5) is 0. The lowest BCUT2D eigenvalue weighted by molar-refractivity contribution is 0.219. The van der Waals surface area contributed by atoms with Gasteiger partial charge in [0.2, 0.25) is 0 Å². The number of aryl methyl sites for hydroxylation is 3. The number of halogens is 1. The number of fused-ring (bicyclic) bond motifs is 1. The normalized spacial score (nSPS) is 13.7. The van der Waals surface area contributed by atoms with Crippen molar-refractivity contribution in [3.05, 3.63) is 98.5 Å². The maximum absolute atomic E-state index is 10.9. The second-order valence-electron chi connectivity index (χ2n) is 6.84. The first-order valence-electron chi connectivity index (χ1n) is 8.88. The standard InChI is InChI=1S/C23H21BrO2/c1-15-11-22(26-14-16-5-3-2-4-6-16)21(24)13-20(15)23(25)19-10-8-17-7-9-18(17)12-19/h2-6,8,10-13,23,25H,7,9,14H2,1H3. The molecule has 2 nitrogen and oxygen atoms in total. The predicted molar refractivity (Wildman–Crippen MR) is 108 cm³/mol. The first kappa shape index (κ1) is 17.3. The van der Waals surface area contributed by atoms with E-state index >= 15 is 0 Å². The van der Waals surface area contributed by atoms with Crippen molar-refractivity contribution in [3.63, 3.8) is 0 Å². The number of aliphatic hydroxyl groups is 1. The lowest BCUT2D eigenvalue weighted by atomic mass is 9.85. The van der Waals surface area contributed by atoms with Crippen LogP contribution >= 0.6 is 15.9 Å². The molecule has 4 rings (SSSR count). The Kier molecular flexibility index (Phi) is 4.84. The van der Waals surface area contributed by atoms with Crippen molar-refractivity contribution in [2.45, 2.75) is 32.5 Å². The van der Waals surface area contributed by atoms with Crippen molar-refractivity contribution in [2.24, 2.45) is 0 Å². The molecule has 0 radical (unpaired) electrons. The molecule has 3 aromatic carbocycles. The molecule has 26 heavy (non-hydrogen) atoms. The Bertz CT molecular complexity index is 934. The van der Waals surface area contributed by atoms with E-state index in [1.807, 2.05) is 55.5 Å². The second-order valence-corrected chi connectivity index (χ2v) is 7.70. The summed E-state index contributed by atoms with van der Waals surface area (Å²) >= 11 is 3.60. The van der Waals surface area contributed by atoms with Crippen LogP contribution in [0.1, 0.15) is 39.5 Å². The molecule has 0 fully saturated rings. The molecule has 1 N–H and O–H groups in total. The number of rotatable bonds is 5.